The van der Waals surface area contributed by atoms with Crippen molar-refractivity contribution in [1.29, 1.82) is 0 Å². The highest BCUT2D eigenvalue weighted by Crippen LogP contribution is 2.31. The Morgan fingerprint density at radius 3 is 2.32 bits per heavy atom. The molecule has 0 saturated heterocycles. The summed E-state index contributed by atoms with van der Waals surface area (Å²) in [6.07, 6.45) is 0.938. The molecular formula is C30H31N3O5. The number of benzene rings is 3. The number of Topliss-reactive ketones (excluding diaryl/α,β-unsaturated/α-hetero) is 2. The summed E-state index contributed by atoms with van der Waals surface area (Å²) in [5.74, 6) is -1.75. The summed E-state index contributed by atoms with van der Waals surface area (Å²) in [5, 5.41) is 17.9. The first kappa shape index (κ1) is 26.6. The quantitative estimate of drug-likeness (QED) is 0.277. The highest BCUT2D eigenvalue weighted by molar-refractivity contribution is 6.06. The van der Waals surface area contributed by atoms with E-state index in [2.05, 4.69) is 16.0 Å². The lowest BCUT2D eigenvalue weighted by molar-refractivity contribution is -0.137. The van der Waals surface area contributed by atoms with E-state index >= 15 is 0 Å². The van der Waals surface area contributed by atoms with Crippen molar-refractivity contribution < 1.29 is 24.3 Å². The lowest BCUT2D eigenvalue weighted by atomic mass is 9.81. The molecule has 2 amide bonds. The maximum absolute atomic E-state index is 13.3. The van der Waals surface area contributed by atoms with Crippen LogP contribution in [-0.4, -0.2) is 34.2 Å². The molecule has 1 aliphatic rings. The number of nitrogens with one attached hydrogen (secondary N) is 3. The molecule has 1 atom stereocenters. The lowest BCUT2D eigenvalue weighted by Gasteiger charge is -2.28. The zero-order valence-corrected chi connectivity index (χ0v) is 21.6. The van der Waals surface area contributed by atoms with E-state index in [9.17, 15) is 19.2 Å². The molecule has 0 saturated carbocycles. The van der Waals surface area contributed by atoms with Crippen LogP contribution in [0.25, 0.3) is 0 Å². The highest BCUT2D eigenvalue weighted by atomic mass is 16.4. The number of fused-ring (bicyclic) bond motifs is 1. The third-order valence-electron chi connectivity index (χ3n) is 6.75. The summed E-state index contributed by atoms with van der Waals surface area (Å²) in [4.78, 5) is 49.4. The number of para-hydroxylation sites is 1. The van der Waals surface area contributed by atoms with E-state index in [1.165, 1.54) is 0 Å². The maximum Gasteiger partial charge on any atom is 0.323 e. The Kier molecular flexibility index (Phi) is 7.62. The monoisotopic (exact) mass is 513 g/mol. The SMILES string of the molecule is Cc1ccccc1NC(=O)Nc1ccc(C(=O)C(C)(C)Nc2ccc3c(c2)CCC(CC(=O)O)C3=O)cc1. The molecule has 196 valence electrons. The Morgan fingerprint density at radius 2 is 1.63 bits per heavy atom. The van der Waals surface area contributed by atoms with Crippen molar-refractivity contribution in [2.24, 2.45) is 5.92 Å². The molecule has 3 aromatic carbocycles. The Balaban J connectivity index is 1.40. The van der Waals surface area contributed by atoms with Crippen molar-refractivity contribution in [2.45, 2.75) is 45.6 Å². The molecule has 1 unspecified atom stereocenters. The molecule has 4 N–H and O–H groups in total. The van der Waals surface area contributed by atoms with Gasteiger partial charge in [-0.05, 0) is 93.3 Å². The predicted molar refractivity (Wildman–Crippen MR) is 147 cm³/mol. The molecule has 0 fully saturated rings. The summed E-state index contributed by atoms with van der Waals surface area (Å²) in [5.41, 5.74) is 3.86. The number of urea groups is 1. The molecule has 8 heteroatoms. The van der Waals surface area contributed by atoms with Gasteiger partial charge in [0.15, 0.2) is 11.6 Å². The summed E-state index contributed by atoms with van der Waals surface area (Å²) < 4.78 is 0. The van der Waals surface area contributed by atoms with Crippen LogP contribution in [0.15, 0.2) is 66.7 Å². The number of carbonyl (C=O) groups is 4. The van der Waals surface area contributed by atoms with Crippen molar-refractivity contribution in [3.63, 3.8) is 0 Å². The van der Waals surface area contributed by atoms with Crippen LogP contribution in [0.4, 0.5) is 21.9 Å². The fraction of sp³-hybridized carbons (Fsp3) is 0.267. The second kappa shape index (κ2) is 10.9. The van der Waals surface area contributed by atoms with Crippen LogP contribution < -0.4 is 16.0 Å². The third-order valence-corrected chi connectivity index (χ3v) is 6.75. The maximum atomic E-state index is 13.3. The van der Waals surface area contributed by atoms with Crippen LogP contribution >= 0.6 is 0 Å². The van der Waals surface area contributed by atoms with Gasteiger partial charge in [0, 0.05) is 34.1 Å². The molecule has 0 aromatic heterocycles. The molecule has 4 rings (SSSR count). The van der Waals surface area contributed by atoms with Crippen molar-refractivity contribution in [2.75, 3.05) is 16.0 Å². The summed E-state index contributed by atoms with van der Waals surface area (Å²) in [6, 6.07) is 19.1. The number of anilines is 3. The summed E-state index contributed by atoms with van der Waals surface area (Å²) >= 11 is 0. The number of amides is 2. The second-order valence-corrected chi connectivity index (χ2v) is 10.1. The Morgan fingerprint density at radius 1 is 0.947 bits per heavy atom. The molecular weight excluding hydrogens is 482 g/mol. The van der Waals surface area contributed by atoms with Crippen LogP contribution in [0.3, 0.4) is 0 Å². The minimum atomic E-state index is -0.973. The van der Waals surface area contributed by atoms with E-state index in [-0.39, 0.29) is 24.0 Å². The number of carbonyl (C=O) groups excluding carboxylic acids is 3. The zero-order chi connectivity index (χ0) is 27.4. The van der Waals surface area contributed by atoms with Crippen LogP contribution in [0.1, 0.15) is 58.5 Å². The third kappa shape index (κ3) is 6.08. The number of carboxylic acid groups (broad SMARTS) is 1. The normalized spacial score (nSPS) is 14.8. The van der Waals surface area contributed by atoms with Crippen LogP contribution in [0.2, 0.25) is 0 Å². The van der Waals surface area contributed by atoms with E-state index < -0.39 is 17.4 Å². The van der Waals surface area contributed by atoms with Crippen molar-refractivity contribution in [1.82, 2.24) is 0 Å². The standard InChI is InChI=1S/C30H31N3O5/c1-18-6-4-5-7-25(18)32-29(38)31-22-12-10-19(11-13-22)28(37)30(2,3)33-23-14-15-24-20(16-23)8-9-21(27(24)36)17-26(34)35/h4-7,10-16,21,33H,8-9,17H2,1-3H3,(H,34,35)(H2,31,32,38). The Labute approximate surface area is 221 Å². The van der Waals surface area contributed by atoms with Gasteiger partial charge in [0.25, 0.3) is 0 Å². The predicted octanol–water partition coefficient (Wildman–Crippen LogP) is 5.93. The van der Waals surface area contributed by atoms with Gasteiger partial charge in [-0.15, -0.1) is 0 Å². The molecule has 1 aliphatic carbocycles. The number of hydrogen-bond donors (Lipinski definition) is 4. The second-order valence-electron chi connectivity index (χ2n) is 10.1. The van der Waals surface area contributed by atoms with Gasteiger partial charge < -0.3 is 21.1 Å². The highest BCUT2D eigenvalue weighted by Gasteiger charge is 2.31. The molecule has 0 heterocycles. The van der Waals surface area contributed by atoms with E-state index in [0.29, 0.717) is 35.3 Å². The molecule has 8 nitrogen and oxygen atoms in total. The Bertz CT molecular complexity index is 1400. The van der Waals surface area contributed by atoms with Gasteiger partial charge in [0.2, 0.25) is 0 Å². The number of rotatable bonds is 8. The van der Waals surface area contributed by atoms with E-state index in [4.69, 9.17) is 5.11 Å². The number of aryl methyl sites for hydroxylation is 2. The molecule has 38 heavy (non-hydrogen) atoms. The van der Waals surface area contributed by atoms with Crippen LogP contribution in [-0.2, 0) is 11.2 Å². The van der Waals surface area contributed by atoms with Gasteiger partial charge in [-0.2, -0.15) is 0 Å². The van der Waals surface area contributed by atoms with Gasteiger partial charge in [0.05, 0.1) is 12.0 Å². The fourth-order valence-electron chi connectivity index (χ4n) is 4.69. The summed E-state index contributed by atoms with van der Waals surface area (Å²) in [6.45, 7) is 5.47. The number of hydrogen-bond acceptors (Lipinski definition) is 5. The molecule has 0 radical (unpaired) electrons. The van der Waals surface area contributed by atoms with Gasteiger partial charge in [-0.25, -0.2) is 4.79 Å². The van der Waals surface area contributed by atoms with Crippen LogP contribution in [0, 0.1) is 12.8 Å². The average Bonchev–Trinajstić information content (AvgIpc) is 2.87. The topological polar surface area (TPSA) is 125 Å². The van der Waals surface area contributed by atoms with Crippen molar-refractivity contribution >= 4 is 40.6 Å². The van der Waals surface area contributed by atoms with Crippen LogP contribution in [0.5, 0.6) is 0 Å². The molecule has 0 bridgehead atoms. The number of carboxylic acids is 1. The minimum Gasteiger partial charge on any atom is -0.481 e. The average molecular weight is 514 g/mol. The minimum absolute atomic E-state index is 0.135. The number of ketones is 2. The first-order valence-corrected chi connectivity index (χ1v) is 12.5. The zero-order valence-electron chi connectivity index (χ0n) is 21.6. The first-order valence-electron chi connectivity index (χ1n) is 12.5. The van der Waals surface area contributed by atoms with Gasteiger partial charge in [0.1, 0.15) is 0 Å². The van der Waals surface area contributed by atoms with Gasteiger partial charge >= 0.3 is 12.0 Å². The summed E-state index contributed by atoms with van der Waals surface area (Å²) in [7, 11) is 0. The molecule has 3 aromatic rings. The van der Waals surface area contributed by atoms with E-state index in [1.807, 2.05) is 37.3 Å². The molecule has 0 aliphatic heterocycles. The Hall–Kier alpha value is -4.46. The van der Waals surface area contributed by atoms with E-state index in [1.54, 1.807) is 50.2 Å². The lowest BCUT2D eigenvalue weighted by Crippen LogP contribution is -2.40. The smallest absolute Gasteiger partial charge is 0.323 e. The first-order chi connectivity index (χ1) is 18.0. The molecule has 0 spiro atoms. The van der Waals surface area contributed by atoms with Crippen molar-refractivity contribution in [3.05, 3.63) is 89.0 Å². The van der Waals surface area contributed by atoms with E-state index in [0.717, 1.165) is 16.8 Å². The van der Waals surface area contributed by atoms with Gasteiger partial charge in [-0.3, -0.25) is 14.4 Å². The number of aliphatic carboxylic acids is 1. The fourth-order valence-corrected chi connectivity index (χ4v) is 4.69. The largest absolute Gasteiger partial charge is 0.481 e. The van der Waals surface area contributed by atoms with Gasteiger partial charge in [-0.1, -0.05) is 18.2 Å². The van der Waals surface area contributed by atoms with Crippen molar-refractivity contribution in [3.8, 4) is 0 Å².